The fraction of sp³-hybridized carbons (Fsp3) is 0.333. The number of benzene rings is 3. The highest BCUT2D eigenvalue weighted by molar-refractivity contribution is 5.94. The van der Waals surface area contributed by atoms with Crippen molar-refractivity contribution in [3.05, 3.63) is 94.8 Å². The molecule has 0 fully saturated rings. The second-order valence-corrected chi connectivity index (χ2v) is 10.4. The highest BCUT2D eigenvalue weighted by Crippen LogP contribution is 2.39. The molecular weight excluding hydrogens is 455 g/mol. The van der Waals surface area contributed by atoms with Crippen molar-refractivity contribution in [3.63, 3.8) is 0 Å². The first-order valence-corrected chi connectivity index (χ1v) is 12.3. The molecule has 0 aromatic heterocycles. The fourth-order valence-electron chi connectivity index (χ4n) is 4.49. The van der Waals surface area contributed by atoms with E-state index in [4.69, 9.17) is 4.74 Å². The standard InChI is InChI=1S/C30H33FN2O3/c1-19-9-12-24(13-10-19)32-28(34)20(2)36-25-14-11-21-15-16-33(29(35)30(3,4)5)27(26(21)18-25)22-7-6-8-23(31)17-22/h6-14,17-18,20,27H,15-16H2,1-5H3,(H,32,34)/t20-,27+/m1/s1. The second kappa shape index (κ2) is 10.1. The van der Waals surface area contributed by atoms with Crippen LogP contribution in [0, 0.1) is 18.2 Å². The van der Waals surface area contributed by atoms with Gasteiger partial charge in [0.25, 0.3) is 5.91 Å². The van der Waals surface area contributed by atoms with Crippen LogP contribution in [0.4, 0.5) is 10.1 Å². The quantitative estimate of drug-likeness (QED) is 0.475. The van der Waals surface area contributed by atoms with E-state index in [0.717, 1.165) is 16.7 Å². The molecule has 3 aromatic rings. The molecule has 0 radical (unpaired) electrons. The molecule has 1 N–H and O–H groups in total. The number of nitrogens with zero attached hydrogens (tertiary/aromatic N) is 1. The van der Waals surface area contributed by atoms with E-state index < -0.39 is 17.6 Å². The van der Waals surface area contributed by atoms with Gasteiger partial charge in [0.1, 0.15) is 11.6 Å². The SMILES string of the molecule is Cc1ccc(NC(=O)[C@@H](C)Oc2ccc3c(c2)[C@H](c2cccc(F)c2)N(C(=O)C(C)(C)C)CC3)cc1. The van der Waals surface area contributed by atoms with Crippen LogP contribution in [0.5, 0.6) is 5.75 Å². The summed E-state index contributed by atoms with van der Waals surface area (Å²) in [5.74, 6) is -0.0919. The largest absolute Gasteiger partial charge is 0.481 e. The molecule has 5 nitrogen and oxygen atoms in total. The van der Waals surface area contributed by atoms with E-state index >= 15 is 0 Å². The molecule has 188 valence electrons. The number of fused-ring (bicyclic) bond motifs is 1. The first kappa shape index (κ1) is 25.4. The highest BCUT2D eigenvalue weighted by atomic mass is 19.1. The van der Waals surface area contributed by atoms with E-state index in [0.29, 0.717) is 30.0 Å². The maximum Gasteiger partial charge on any atom is 0.265 e. The average molecular weight is 489 g/mol. The van der Waals surface area contributed by atoms with E-state index in [2.05, 4.69) is 5.32 Å². The third-order valence-corrected chi connectivity index (χ3v) is 6.41. The van der Waals surface area contributed by atoms with Crippen molar-refractivity contribution in [1.29, 1.82) is 0 Å². The molecule has 0 saturated heterocycles. The molecule has 0 unspecified atom stereocenters. The number of nitrogens with one attached hydrogen (secondary N) is 1. The molecule has 0 bridgehead atoms. The molecule has 3 aromatic carbocycles. The lowest BCUT2D eigenvalue weighted by Crippen LogP contribution is -2.45. The first-order valence-electron chi connectivity index (χ1n) is 12.3. The molecule has 4 rings (SSSR count). The smallest absolute Gasteiger partial charge is 0.265 e. The number of anilines is 1. The Bertz CT molecular complexity index is 1260. The number of carbonyl (C=O) groups excluding carboxylic acids is 2. The van der Waals surface area contributed by atoms with Gasteiger partial charge in [-0.15, -0.1) is 0 Å². The lowest BCUT2D eigenvalue weighted by molar-refractivity contribution is -0.141. The van der Waals surface area contributed by atoms with Crippen LogP contribution in [0.25, 0.3) is 0 Å². The van der Waals surface area contributed by atoms with Gasteiger partial charge in [0, 0.05) is 17.6 Å². The monoisotopic (exact) mass is 488 g/mol. The number of carbonyl (C=O) groups is 2. The Hall–Kier alpha value is -3.67. The molecule has 0 aliphatic carbocycles. The van der Waals surface area contributed by atoms with Gasteiger partial charge in [0.2, 0.25) is 5.91 Å². The maximum atomic E-state index is 14.2. The normalized spacial score (nSPS) is 16.2. The van der Waals surface area contributed by atoms with Gasteiger partial charge in [-0.3, -0.25) is 9.59 Å². The number of aryl methyl sites for hydroxylation is 1. The molecule has 36 heavy (non-hydrogen) atoms. The average Bonchev–Trinajstić information content (AvgIpc) is 2.83. The van der Waals surface area contributed by atoms with Gasteiger partial charge in [0.15, 0.2) is 6.10 Å². The molecule has 1 aliphatic rings. The van der Waals surface area contributed by atoms with Crippen LogP contribution in [0.15, 0.2) is 66.7 Å². The van der Waals surface area contributed by atoms with Gasteiger partial charge >= 0.3 is 0 Å². The summed E-state index contributed by atoms with van der Waals surface area (Å²) in [6, 6.07) is 19.2. The van der Waals surface area contributed by atoms with E-state index in [9.17, 15) is 14.0 Å². The molecule has 1 aliphatic heterocycles. The summed E-state index contributed by atoms with van der Waals surface area (Å²) < 4.78 is 20.2. The molecule has 0 saturated carbocycles. The minimum Gasteiger partial charge on any atom is -0.481 e. The molecular formula is C30H33FN2O3. The molecule has 6 heteroatoms. The molecule has 2 amide bonds. The van der Waals surface area contributed by atoms with Crippen molar-refractivity contribution in [2.75, 3.05) is 11.9 Å². The Balaban J connectivity index is 1.63. The topological polar surface area (TPSA) is 58.6 Å². The van der Waals surface area contributed by atoms with Crippen LogP contribution in [-0.4, -0.2) is 29.4 Å². The summed E-state index contributed by atoms with van der Waals surface area (Å²) in [6.45, 7) is 9.90. The van der Waals surface area contributed by atoms with Gasteiger partial charge in [-0.2, -0.15) is 0 Å². The third-order valence-electron chi connectivity index (χ3n) is 6.41. The van der Waals surface area contributed by atoms with E-state index in [-0.39, 0.29) is 17.6 Å². The summed E-state index contributed by atoms with van der Waals surface area (Å²) >= 11 is 0. The predicted octanol–water partition coefficient (Wildman–Crippen LogP) is 6.06. The Morgan fingerprint density at radius 1 is 1.06 bits per heavy atom. The van der Waals surface area contributed by atoms with Crippen LogP contribution >= 0.6 is 0 Å². The predicted molar refractivity (Wildman–Crippen MR) is 139 cm³/mol. The zero-order valence-corrected chi connectivity index (χ0v) is 21.5. The minimum atomic E-state index is -0.743. The zero-order valence-electron chi connectivity index (χ0n) is 21.5. The summed E-state index contributed by atoms with van der Waals surface area (Å²) in [5.41, 5.74) is 3.89. The molecule has 1 heterocycles. The van der Waals surface area contributed by atoms with E-state index in [1.54, 1.807) is 13.0 Å². The Labute approximate surface area is 212 Å². The maximum absolute atomic E-state index is 14.2. The number of amides is 2. The van der Waals surface area contributed by atoms with Gasteiger partial charge < -0.3 is 15.0 Å². The Morgan fingerprint density at radius 3 is 2.44 bits per heavy atom. The lowest BCUT2D eigenvalue weighted by atomic mass is 9.85. The molecule has 2 atom stereocenters. The zero-order chi connectivity index (χ0) is 26.0. The highest BCUT2D eigenvalue weighted by Gasteiger charge is 2.37. The summed E-state index contributed by atoms with van der Waals surface area (Å²) in [5, 5.41) is 2.87. The van der Waals surface area contributed by atoms with Crippen LogP contribution in [0.3, 0.4) is 0 Å². The number of ether oxygens (including phenoxy) is 1. The number of hydrogen-bond donors (Lipinski definition) is 1. The Kier molecular flexibility index (Phi) is 7.16. The van der Waals surface area contributed by atoms with Crippen LogP contribution in [-0.2, 0) is 16.0 Å². The molecule has 0 spiro atoms. The van der Waals surface area contributed by atoms with Gasteiger partial charge in [-0.1, -0.05) is 56.7 Å². The van der Waals surface area contributed by atoms with Crippen molar-refractivity contribution < 1.29 is 18.7 Å². The van der Waals surface area contributed by atoms with Crippen LogP contribution in [0.2, 0.25) is 0 Å². The summed E-state index contributed by atoms with van der Waals surface area (Å²) in [4.78, 5) is 28.0. The lowest BCUT2D eigenvalue weighted by Gasteiger charge is -2.41. The minimum absolute atomic E-state index is 0.000392. The van der Waals surface area contributed by atoms with E-state index in [1.165, 1.54) is 12.1 Å². The number of halogens is 1. The van der Waals surface area contributed by atoms with Crippen molar-refractivity contribution >= 4 is 17.5 Å². The summed E-state index contributed by atoms with van der Waals surface area (Å²) in [7, 11) is 0. The van der Waals surface area contributed by atoms with Crippen molar-refractivity contribution in [3.8, 4) is 5.75 Å². The second-order valence-electron chi connectivity index (χ2n) is 10.4. The van der Waals surface area contributed by atoms with E-state index in [1.807, 2.05) is 81.1 Å². The fourth-order valence-corrected chi connectivity index (χ4v) is 4.49. The van der Waals surface area contributed by atoms with Gasteiger partial charge in [-0.05, 0) is 73.4 Å². The number of rotatable bonds is 5. The Morgan fingerprint density at radius 2 is 1.78 bits per heavy atom. The number of hydrogen-bond acceptors (Lipinski definition) is 3. The van der Waals surface area contributed by atoms with Crippen molar-refractivity contribution in [1.82, 2.24) is 4.90 Å². The van der Waals surface area contributed by atoms with Crippen LogP contribution in [0.1, 0.15) is 56.0 Å². The first-order chi connectivity index (χ1) is 17.0. The van der Waals surface area contributed by atoms with Gasteiger partial charge in [0.05, 0.1) is 6.04 Å². The van der Waals surface area contributed by atoms with Gasteiger partial charge in [-0.25, -0.2) is 4.39 Å². The third kappa shape index (κ3) is 5.59. The van der Waals surface area contributed by atoms with Crippen molar-refractivity contribution in [2.45, 2.75) is 53.2 Å². The summed E-state index contributed by atoms with van der Waals surface area (Å²) in [6.07, 6.45) is -0.0555. The van der Waals surface area contributed by atoms with Crippen LogP contribution < -0.4 is 10.1 Å². The van der Waals surface area contributed by atoms with Crippen molar-refractivity contribution in [2.24, 2.45) is 5.41 Å².